The van der Waals surface area contributed by atoms with Gasteiger partial charge in [0.15, 0.2) is 5.78 Å². The zero-order valence-electron chi connectivity index (χ0n) is 12.4. The summed E-state index contributed by atoms with van der Waals surface area (Å²) >= 11 is 0. The maximum Gasteiger partial charge on any atom is 0.243 e. The van der Waals surface area contributed by atoms with Gasteiger partial charge in [0.2, 0.25) is 15.9 Å². The number of benzene rings is 1. The number of rotatable bonds is 4. The van der Waals surface area contributed by atoms with Crippen molar-refractivity contribution in [2.45, 2.75) is 30.7 Å². The Morgan fingerprint density at radius 3 is 2.55 bits per heavy atom. The van der Waals surface area contributed by atoms with Crippen LogP contribution >= 0.6 is 0 Å². The molecule has 118 valence electrons. The minimum atomic E-state index is -3.75. The maximum atomic E-state index is 12.6. The molecule has 3 rings (SSSR count). The third-order valence-corrected chi connectivity index (χ3v) is 5.93. The maximum absolute atomic E-state index is 12.6. The molecule has 0 atom stereocenters. The molecule has 1 amide bonds. The molecule has 2 aliphatic rings. The van der Waals surface area contributed by atoms with Crippen LogP contribution in [0.2, 0.25) is 0 Å². The summed E-state index contributed by atoms with van der Waals surface area (Å²) in [6.45, 7) is 2.01. The first-order chi connectivity index (χ1) is 10.4. The highest BCUT2D eigenvalue weighted by Gasteiger charge is 2.39. The van der Waals surface area contributed by atoms with Crippen molar-refractivity contribution in [3.8, 4) is 0 Å². The average Bonchev–Trinajstić information content (AvgIpc) is 3.32. The third kappa shape index (κ3) is 2.78. The van der Waals surface area contributed by atoms with Crippen LogP contribution in [-0.2, 0) is 14.8 Å². The largest absolute Gasteiger partial charge is 0.337 e. The van der Waals surface area contributed by atoms with Crippen LogP contribution in [0.25, 0.3) is 0 Å². The van der Waals surface area contributed by atoms with Crippen molar-refractivity contribution in [2.75, 3.05) is 19.6 Å². The van der Waals surface area contributed by atoms with Crippen LogP contribution in [0.4, 0.5) is 0 Å². The Hall–Kier alpha value is -1.73. The van der Waals surface area contributed by atoms with Gasteiger partial charge < -0.3 is 4.90 Å². The van der Waals surface area contributed by atoms with Crippen LogP contribution in [0.5, 0.6) is 0 Å². The van der Waals surface area contributed by atoms with Crippen molar-refractivity contribution in [3.05, 3.63) is 29.8 Å². The Kier molecular flexibility index (Phi) is 3.78. The molecule has 0 radical (unpaired) electrons. The molecule has 6 nitrogen and oxygen atoms in total. The number of carbonyl (C=O) groups excluding carboxylic acids is 2. The molecule has 0 bridgehead atoms. The molecule has 1 saturated heterocycles. The molecule has 1 saturated carbocycles. The fourth-order valence-electron chi connectivity index (χ4n) is 2.67. The second kappa shape index (κ2) is 5.48. The summed E-state index contributed by atoms with van der Waals surface area (Å²) in [6.07, 6.45) is 2.03. The highest BCUT2D eigenvalue weighted by Crippen LogP contribution is 2.29. The van der Waals surface area contributed by atoms with E-state index >= 15 is 0 Å². The van der Waals surface area contributed by atoms with E-state index in [4.69, 9.17) is 0 Å². The molecule has 1 heterocycles. The van der Waals surface area contributed by atoms with Gasteiger partial charge in [-0.1, -0.05) is 12.1 Å². The van der Waals surface area contributed by atoms with Crippen LogP contribution in [-0.4, -0.2) is 55.0 Å². The summed E-state index contributed by atoms with van der Waals surface area (Å²) in [5, 5.41) is 0. The first-order valence-corrected chi connectivity index (χ1v) is 8.74. The highest BCUT2D eigenvalue weighted by molar-refractivity contribution is 7.89. The van der Waals surface area contributed by atoms with E-state index in [2.05, 4.69) is 0 Å². The topological polar surface area (TPSA) is 74.8 Å². The SMILES string of the molecule is CC(=O)c1cccc(S(=O)(=O)N2CCN(C3CC3)C(=O)C2)c1. The monoisotopic (exact) mass is 322 g/mol. The fraction of sp³-hybridized carbons (Fsp3) is 0.467. The van der Waals surface area contributed by atoms with E-state index in [1.54, 1.807) is 17.0 Å². The van der Waals surface area contributed by atoms with Gasteiger partial charge in [0.1, 0.15) is 0 Å². The highest BCUT2D eigenvalue weighted by atomic mass is 32.2. The summed E-state index contributed by atoms with van der Waals surface area (Å²) in [7, 11) is -3.75. The van der Waals surface area contributed by atoms with Crippen LogP contribution in [0.1, 0.15) is 30.1 Å². The van der Waals surface area contributed by atoms with Gasteiger partial charge in [-0.3, -0.25) is 9.59 Å². The lowest BCUT2D eigenvalue weighted by atomic mass is 10.2. The molecule has 1 aliphatic heterocycles. The number of piperazine rings is 1. The summed E-state index contributed by atoms with van der Waals surface area (Å²) in [5.74, 6) is -0.327. The second-order valence-electron chi connectivity index (χ2n) is 5.74. The number of sulfonamides is 1. The van der Waals surface area contributed by atoms with Crippen molar-refractivity contribution in [1.29, 1.82) is 0 Å². The lowest BCUT2D eigenvalue weighted by Crippen LogP contribution is -2.52. The van der Waals surface area contributed by atoms with Crippen molar-refractivity contribution < 1.29 is 18.0 Å². The Bertz CT molecular complexity index is 725. The lowest BCUT2D eigenvalue weighted by Gasteiger charge is -2.33. The second-order valence-corrected chi connectivity index (χ2v) is 7.68. The summed E-state index contributed by atoms with van der Waals surface area (Å²) in [5.41, 5.74) is 0.351. The quantitative estimate of drug-likeness (QED) is 0.772. The number of amides is 1. The number of carbonyl (C=O) groups is 2. The van der Waals surface area contributed by atoms with Crippen molar-refractivity contribution in [2.24, 2.45) is 0 Å². The van der Waals surface area contributed by atoms with Crippen LogP contribution in [0, 0.1) is 0 Å². The standard InChI is InChI=1S/C15H18N2O4S/c1-11(18)12-3-2-4-14(9-12)22(20,21)16-7-8-17(13-5-6-13)15(19)10-16/h2-4,9,13H,5-8,10H2,1H3. The zero-order chi connectivity index (χ0) is 15.9. The van der Waals surface area contributed by atoms with Gasteiger partial charge in [-0.05, 0) is 31.9 Å². The molecule has 22 heavy (non-hydrogen) atoms. The van der Waals surface area contributed by atoms with Gasteiger partial charge in [-0.2, -0.15) is 4.31 Å². The van der Waals surface area contributed by atoms with E-state index in [0.717, 1.165) is 12.8 Å². The van der Waals surface area contributed by atoms with Crippen LogP contribution in [0.15, 0.2) is 29.2 Å². The van der Waals surface area contributed by atoms with Gasteiger partial charge in [0.25, 0.3) is 0 Å². The van der Waals surface area contributed by atoms with Crippen molar-refractivity contribution in [1.82, 2.24) is 9.21 Å². The predicted octanol–water partition coefficient (Wildman–Crippen LogP) is 0.885. The van der Waals surface area contributed by atoms with E-state index in [-0.39, 0.29) is 23.1 Å². The first kappa shape index (κ1) is 15.2. The molecule has 0 unspecified atom stereocenters. The van der Waals surface area contributed by atoms with Crippen molar-refractivity contribution in [3.63, 3.8) is 0 Å². The predicted molar refractivity (Wildman–Crippen MR) is 79.9 cm³/mol. The Labute approximate surface area is 129 Å². The third-order valence-electron chi connectivity index (χ3n) is 4.09. The molecule has 1 aliphatic carbocycles. The number of nitrogens with zero attached hydrogens (tertiary/aromatic N) is 2. The summed E-state index contributed by atoms with van der Waals surface area (Å²) in [4.78, 5) is 25.4. The van der Waals surface area contributed by atoms with E-state index in [1.165, 1.54) is 23.4 Å². The summed E-state index contributed by atoms with van der Waals surface area (Å²) in [6, 6.07) is 6.26. The number of hydrogen-bond acceptors (Lipinski definition) is 4. The molecule has 1 aromatic carbocycles. The number of hydrogen-bond donors (Lipinski definition) is 0. The minimum Gasteiger partial charge on any atom is -0.337 e. The Morgan fingerprint density at radius 1 is 1.23 bits per heavy atom. The smallest absolute Gasteiger partial charge is 0.243 e. The van der Waals surface area contributed by atoms with E-state index < -0.39 is 10.0 Å². The average molecular weight is 322 g/mol. The molecular weight excluding hydrogens is 304 g/mol. The van der Waals surface area contributed by atoms with E-state index in [9.17, 15) is 18.0 Å². The molecule has 2 fully saturated rings. The normalized spacial score (nSPS) is 20.2. The molecule has 1 aromatic rings. The van der Waals surface area contributed by atoms with Gasteiger partial charge in [-0.15, -0.1) is 0 Å². The molecule has 0 N–H and O–H groups in total. The Balaban J connectivity index is 1.82. The minimum absolute atomic E-state index is 0.0628. The fourth-order valence-corrected chi connectivity index (χ4v) is 4.09. The van der Waals surface area contributed by atoms with Crippen molar-refractivity contribution >= 4 is 21.7 Å². The van der Waals surface area contributed by atoms with Gasteiger partial charge in [-0.25, -0.2) is 8.42 Å². The van der Waals surface area contributed by atoms with Crippen LogP contribution < -0.4 is 0 Å². The lowest BCUT2D eigenvalue weighted by molar-refractivity contribution is -0.134. The zero-order valence-corrected chi connectivity index (χ0v) is 13.2. The summed E-state index contributed by atoms with van der Waals surface area (Å²) < 4.78 is 26.5. The van der Waals surface area contributed by atoms with Gasteiger partial charge in [0.05, 0.1) is 11.4 Å². The molecule has 0 aromatic heterocycles. The number of ketones is 1. The number of Topliss-reactive ketones (excluding diaryl/α,β-unsaturated/α-hetero) is 1. The molecular formula is C15H18N2O4S. The van der Waals surface area contributed by atoms with Crippen LogP contribution in [0.3, 0.4) is 0 Å². The molecule has 0 spiro atoms. The van der Waals surface area contributed by atoms with E-state index in [1.807, 2.05) is 0 Å². The Morgan fingerprint density at radius 2 is 1.95 bits per heavy atom. The van der Waals surface area contributed by atoms with E-state index in [0.29, 0.717) is 24.7 Å². The molecule has 7 heteroatoms. The first-order valence-electron chi connectivity index (χ1n) is 7.30. The van der Waals surface area contributed by atoms with Gasteiger partial charge >= 0.3 is 0 Å². The van der Waals surface area contributed by atoms with Gasteiger partial charge in [0, 0.05) is 24.7 Å².